The van der Waals surface area contributed by atoms with Crippen LogP contribution in [0.3, 0.4) is 0 Å². The number of hydrogen-bond donors (Lipinski definition) is 0. The summed E-state index contributed by atoms with van der Waals surface area (Å²) in [6.07, 6.45) is 0. The number of aromatic nitrogens is 3. The highest BCUT2D eigenvalue weighted by Gasteiger charge is 2.11. The van der Waals surface area contributed by atoms with Crippen LogP contribution in [0.25, 0.3) is 17.0 Å². The largest absolute Gasteiger partial charge is 0.496 e. The van der Waals surface area contributed by atoms with Gasteiger partial charge in [0, 0.05) is 5.69 Å². The van der Waals surface area contributed by atoms with Gasteiger partial charge >= 0.3 is 0 Å². The first-order chi connectivity index (χ1) is 8.79. The molecule has 0 aliphatic rings. The van der Waals surface area contributed by atoms with Crippen molar-refractivity contribution in [1.29, 1.82) is 0 Å². The average Bonchev–Trinajstić information content (AvgIpc) is 2.84. The second-order valence-corrected chi connectivity index (χ2v) is 4.07. The van der Waals surface area contributed by atoms with Gasteiger partial charge in [-0.3, -0.25) is 0 Å². The summed E-state index contributed by atoms with van der Waals surface area (Å²) < 4.78 is 7.17. The molecule has 0 amide bonds. The van der Waals surface area contributed by atoms with Crippen LogP contribution in [-0.2, 0) is 0 Å². The molecule has 0 radical (unpaired) electrons. The van der Waals surface area contributed by atoms with Crippen molar-refractivity contribution in [2.45, 2.75) is 6.92 Å². The maximum absolute atomic E-state index is 5.34. The van der Waals surface area contributed by atoms with Crippen molar-refractivity contribution in [2.24, 2.45) is 0 Å². The van der Waals surface area contributed by atoms with E-state index >= 15 is 0 Å². The highest BCUT2D eigenvalue weighted by molar-refractivity contribution is 5.65. The van der Waals surface area contributed by atoms with Crippen LogP contribution >= 0.6 is 0 Å². The molecule has 3 rings (SSSR count). The molecule has 90 valence electrons. The zero-order valence-corrected chi connectivity index (χ0v) is 10.3. The van der Waals surface area contributed by atoms with Crippen molar-refractivity contribution in [1.82, 2.24) is 14.6 Å². The molecule has 0 aliphatic heterocycles. The number of para-hydroxylation sites is 1. The van der Waals surface area contributed by atoms with Gasteiger partial charge in [0.1, 0.15) is 5.75 Å². The Balaban J connectivity index is 2.23. The van der Waals surface area contributed by atoms with Gasteiger partial charge in [-0.1, -0.05) is 18.2 Å². The van der Waals surface area contributed by atoms with Crippen LogP contribution in [0.15, 0.2) is 42.5 Å². The molecule has 0 bridgehead atoms. The van der Waals surface area contributed by atoms with Gasteiger partial charge in [-0.05, 0) is 31.2 Å². The third-order valence-corrected chi connectivity index (χ3v) is 2.90. The lowest BCUT2D eigenvalue weighted by Gasteiger charge is -2.03. The minimum Gasteiger partial charge on any atom is -0.496 e. The molecular weight excluding hydrogens is 226 g/mol. The van der Waals surface area contributed by atoms with Gasteiger partial charge in [-0.25, -0.2) is 9.50 Å². The topological polar surface area (TPSA) is 39.4 Å². The summed E-state index contributed by atoms with van der Waals surface area (Å²) in [5.74, 6) is 1.47. The lowest BCUT2D eigenvalue weighted by Crippen LogP contribution is -1.92. The molecule has 0 unspecified atom stereocenters. The van der Waals surface area contributed by atoms with Crippen LogP contribution in [0.1, 0.15) is 5.69 Å². The van der Waals surface area contributed by atoms with Crippen molar-refractivity contribution in [3.05, 3.63) is 48.2 Å². The number of pyridine rings is 1. The molecular formula is C14H13N3O. The van der Waals surface area contributed by atoms with Gasteiger partial charge in [0.25, 0.3) is 0 Å². The standard InChI is InChI=1S/C14H13N3O/c1-10-6-5-9-13-15-14(16-17(10)13)11-7-3-4-8-12(11)18-2/h3-9H,1-2H3. The van der Waals surface area contributed by atoms with E-state index in [0.717, 1.165) is 22.7 Å². The van der Waals surface area contributed by atoms with E-state index in [1.165, 1.54) is 0 Å². The Kier molecular flexibility index (Phi) is 2.48. The third-order valence-electron chi connectivity index (χ3n) is 2.90. The second-order valence-electron chi connectivity index (χ2n) is 4.07. The van der Waals surface area contributed by atoms with E-state index in [2.05, 4.69) is 10.1 Å². The maximum atomic E-state index is 5.34. The summed E-state index contributed by atoms with van der Waals surface area (Å²) in [6.45, 7) is 2.01. The number of methoxy groups -OCH3 is 1. The summed E-state index contributed by atoms with van der Waals surface area (Å²) in [5.41, 5.74) is 2.81. The molecule has 4 nitrogen and oxygen atoms in total. The van der Waals surface area contributed by atoms with Crippen molar-refractivity contribution in [3.63, 3.8) is 0 Å². The number of hydrogen-bond acceptors (Lipinski definition) is 3. The Bertz CT molecular complexity index is 703. The smallest absolute Gasteiger partial charge is 0.185 e. The minimum atomic E-state index is 0.682. The van der Waals surface area contributed by atoms with Crippen molar-refractivity contribution >= 4 is 5.65 Å². The first kappa shape index (κ1) is 10.8. The number of rotatable bonds is 2. The van der Waals surface area contributed by atoms with E-state index in [-0.39, 0.29) is 0 Å². The summed E-state index contributed by atoms with van der Waals surface area (Å²) in [6, 6.07) is 13.7. The van der Waals surface area contributed by atoms with Crippen molar-refractivity contribution < 1.29 is 4.74 Å². The molecule has 2 aromatic heterocycles. The summed E-state index contributed by atoms with van der Waals surface area (Å²) in [5, 5.41) is 4.52. The zero-order valence-electron chi connectivity index (χ0n) is 10.3. The van der Waals surface area contributed by atoms with Gasteiger partial charge in [-0.15, -0.1) is 5.10 Å². The van der Waals surface area contributed by atoms with E-state index in [4.69, 9.17) is 4.74 Å². The molecule has 18 heavy (non-hydrogen) atoms. The highest BCUT2D eigenvalue weighted by Crippen LogP contribution is 2.27. The number of ether oxygens (including phenoxy) is 1. The Morgan fingerprint density at radius 1 is 1.06 bits per heavy atom. The van der Waals surface area contributed by atoms with Gasteiger partial charge in [0.15, 0.2) is 11.5 Å². The Morgan fingerprint density at radius 3 is 2.67 bits per heavy atom. The fraction of sp³-hybridized carbons (Fsp3) is 0.143. The van der Waals surface area contributed by atoms with Crippen LogP contribution in [0.4, 0.5) is 0 Å². The molecule has 1 aromatic carbocycles. The predicted molar refractivity (Wildman–Crippen MR) is 69.7 cm³/mol. The Morgan fingerprint density at radius 2 is 1.89 bits per heavy atom. The highest BCUT2D eigenvalue weighted by atomic mass is 16.5. The van der Waals surface area contributed by atoms with Gasteiger partial charge in [0.2, 0.25) is 0 Å². The van der Waals surface area contributed by atoms with E-state index in [0.29, 0.717) is 5.82 Å². The SMILES string of the molecule is COc1ccccc1-c1nc2cccc(C)n2n1. The number of aryl methyl sites for hydroxylation is 1. The van der Waals surface area contributed by atoms with Crippen LogP contribution in [0.2, 0.25) is 0 Å². The molecule has 0 atom stereocenters. The summed E-state index contributed by atoms with van der Waals surface area (Å²) in [4.78, 5) is 4.52. The molecule has 0 saturated heterocycles. The third kappa shape index (κ3) is 1.62. The molecule has 0 saturated carbocycles. The van der Waals surface area contributed by atoms with Crippen LogP contribution in [0, 0.1) is 6.92 Å². The number of fused-ring (bicyclic) bond motifs is 1. The van der Waals surface area contributed by atoms with E-state index in [9.17, 15) is 0 Å². The van der Waals surface area contributed by atoms with E-state index in [1.54, 1.807) is 7.11 Å². The van der Waals surface area contributed by atoms with Crippen LogP contribution < -0.4 is 4.74 Å². The zero-order chi connectivity index (χ0) is 12.5. The molecule has 0 fully saturated rings. The molecule has 4 heteroatoms. The van der Waals surface area contributed by atoms with Crippen LogP contribution in [-0.4, -0.2) is 21.7 Å². The summed E-state index contributed by atoms with van der Waals surface area (Å²) in [7, 11) is 1.65. The Labute approximate surface area is 105 Å². The van der Waals surface area contributed by atoms with E-state index < -0.39 is 0 Å². The Hall–Kier alpha value is -2.36. The summed E-state index contributed by atoms with van der Waals surface area (Å²) >= 11 is 0. The first-order valence-electron chi connectivity index (χ1n) is 5.75. The number of benzene rings is 1. The maximum Gasteiger partial charge on any atom is 0.185 e. The molecule has 0 spiro atoms. The number of nitrogens with zero attached hydrogens (tertiary/aromatic N) is 3. The monoisotopic (exact) mass is 239 g/mol. The fourth-order valence-corrected chi connectivity index (χ4v) is 1.98. The van der Waals surface area contributed by atoms with Gasteiger partial charge < -0.3 is 4.74 Å². The molecule has 0 aliphatic carbocycles. The van der Waals surface area contributed by atoms with E-state index in [1.807, 2.05) is 53.9 Å². The first-order valence-corrected chi connectivity index (χ1v) is 5.75. The second kappa shape index (κ2) is 4.14. The lowest BCUT2D eigenvalue weighted by atomic mass is 10.2. The molecule has 2 heterocycles. The van der Waals surface area contributed by atoms with Crippen LogP contribution in [0.5, 0.6) is 5.75 Å². The minimum absolute atomic E-state index is 0.682. The quantitative estimate of drug-likeness (QED) is 0.690. The molecule has 3 aromatic rings. The lowest BCUT2D eigenvalue weighted by molar-refractivity contribution is 0.416. The predicted octanol–water partition coefficient (Wildman–Crippen LogP) is 2.71. The average molecular weight is 239 g/mol. The van der Waals surface area contributed by atoms with Crippen molar-refractivity contribution in [2.75, 3.05) is 7.11 Å². The normalized spacial score (nSPS) is 10.8. The molecule has 0 N–H and O–H groups in total. The van der Waals surface area contributed by atoms with Crippen molar-refractivity contribution in [3.8, 4) is 17.1 Å². The fourth-order valence-electron chi connectivity index (χ4n) is 1.98. The van der Waals surface area contributed by atoms with Gasteiger partial charge in [-0.2, -0.15) is 0 Å². The van der Waals surface area contributed by atoms with Gasteiger partial charge in [0.05, 0.1) is 12.7 Å².